The van der Waals surface area contributed by atoms with Crippen LogP contribution in [0.3, 0.4) is 0 Å². The fourth-order valence-electron chi connectivity index (χ4n) is 0.381. The molecule has 0 aromatic heterocycles. The molecule has 0 bridgehead atoms. The molecule has 0 amide bonds. The zero-order chi connectivity index (χ0) is 6.57. The molecule has 0 aliphatic heterocycles. The van der Waals surface area contributed by atoms with Crippen molar-refractivity contribution in [3.05, 3.63) is 0 Å². The first kappa shape index (κ1) is 7.63. The first-order valence-corrected chi connectivity index (χ1v) is 2.84. The van der Waals surface area contributed by atoms with Gasteiger partial charge in [-0.05, 0) is 33.7 Å². The molecule has 2 nitrogen and oxygen atoms in total. The molecule has 8 heavy (non-hydrogen) atoms. The summed E-state index contributed by atoms with van der Waals surface area (Å²) in [6.07, 6.45) is 2.30. The average molecular weight is 114 g/mol. The van der Waals surface area contributed by atoms with Gasteiger partial charge in [-0.15, -0.1) is 0 Å². The van der Waals surface area contributed by atoms with Gasteiger partial charge in [-0.3, -0.25) is 0 Å². The Morgan fingerprint density at radius 1 is 1.62 bits per heavy atom. The third-order valence-electron chi connectivity index (χ3n) is 1.34. The van der Waals surface area contributed by atoms with E-state index in [4.69, 9.17) is 5.41 Å². The van der Waals surface area contributed by atoms with E-state index in [-0.39, 0.29) is 0 Å². The van der Waals surface area contributed by atoms with Crippen molar-refractivity contribution in [1.29, 1.82) is 5.41 Å². The molecular formula is C6H14N2. The molecule has 0 saturated heterocycles. The van der Waals surface area contributed by atoms with Crippen molar-refractivity contribution in [3.8, 4) is 0 Å². The summed E-state index contributed by atoms with van der Waals surface area (Å²) in [5, 5.41) is 6.77. The van der Waals surface area contributed by atoms with E-state index in [0.29, 0.717) is 6.04 Å². The second-order valence-corrected chi connectivity index (χ2v) is 2.25. The van der Waals surface area contributed by atoms with Crippen molar-refractivity contribution in [1.82, 2.24) is 4.90 Å². The first-order valence-electron chi connectivity index (χ1n) is 2.84. The molecule has 0 saturated carbocycles. The van der Waals surface area contributed by atoms with Gasteiger partial charge < -0.3 is 10.3 Å². The van der Waals surface area contributed by atoms with Crippen LogP contribution in [-0.2, 0) is 0 Å². The summed E-state index contributed by atoms with van der Waals surface area (Å²) in [5.41, 5.74) is 0. The van der Waals surface area contributed by atoms with Crippen LogP contribution >= 0.6 is 0 Å². The van der Waals surface area contributed by atoms with E-state index in [1.165, 1.54) is 6.21 Å². The number of rotatable bonds is 3. The van der Waals surface area contributed by atoms with E-state index in [1.54, 1.807) is 0 Å². The zero-order valence-corrected chi connectivity index (χ0v) is 5.81. The van der Waals surface area contributed by atoms with E-state index in [1.807, 2.05) is 14.1 Å². The maximum atomic E-state index is 6.77. The lowest BCUT2D eigenvalue weighted by Gasteiger charge is -2.16. The Kier molecular flexibility index (Phi) is 3.44. The highest BCUT2D eigenvalue weighted by atomic mass is 15.1. The SMILES string of the molecule is CC(CC=N)N(C)C. The van der Waals surface area contributed by atoms with Crippen LogP contribution in [0.5, 0.6) is 0 Å². The van der Waals surface area contributed by atoms with E-state index in [2.05, 4.69) is 11.8 Å². The summed E-state index contributed by atoms with van der Waals surface area (Å²) < 4.78 is 0. The average Bonchev–Trinajstić information content (AvgIpc) is 1.67. The number of hydrogen-bond donors (Lipinski definition) is 1. The molecule has 0 aliphatic rings. The summed E-state index contributed by atoms with van der Waals surface area (Å²) >= 11 is 0. The van der Waals surface area contributed by atoms with Crippen molar-refractivity contribution in [2.24, 2.45) is 0 Å². The third-order valence-corrected chi connectivity index (χ3v) is 1.34. The predicted octanol–water partition coefficient (Wildman–Crippen LogP) is 0.976. The van der Waals surface area contributed by atoms with Crippen molar-refractivity contribution in [2.75, 3.05) is 14.1 Å². The fraction of sp³-hybridized carbons (Fsp3) is 0.833. The second kappa shape index (κ2) is 3.61. The first-order chi connectivity index (χ1) is 3.68. The van der Waals surface area contributed by atoms with E-state index in [9.17, 15) is 0 Å². The summed E-state index contributed by atoms with van der Waals surface area (Å²) in [4.78, 5) is 2.10. The summed E-state index contributed by atoms with van der Waals surface area (Å²) in [6, 6.07) is 0.507. The lowest BCUT2D eigenvalue weighted by Crippen LogP contribution is -2.24. The largest absolute Gasteiger partial charge is 0.313 e. The topological polar surface area (TPSA) is 27.1 Å². The predicted molar refractivity (Wildman–Crippen MR) is 36.5 cm³/mol. The van der Waals surface area contributed by atoms with Gasteiger partial charge in [0.25, 0.3) is 0 Å². The van der Waals surface area contributed by atoms with Crippen LogP contribution in [0.25, 0.3) is 0 Å². The minimum Gasteiger partial charge on any atom is -0.313 e. The molecule has 48 valence electrons. The Labute approximate surface area is 51.0 Å². The fourth-order valence-corrected chi connectivity index (χ4v) is 0.381. The zero-order valence-electron chi connectivity index (χ0n) is 5.81. The summed E-state index contributed by atoms with van der Waals surface area (Å²) in [7, 11) is 4.04. The second-order valence-electron chi connectivity index (χ2n) is 2.25. The van der Waals surface area contributed by atoms with Crippen molar-refractivity contribution in [2.45, 2.75) is 19.4 Å². The molecule has 0 rings (SSSR count). The van der Waals surface area contributed by atoms with Crippen LogP contribution in [0.1, 0.15) is 13.3 Å². The smallest absolute Gasteiger partial charge is 0.0110 e. The standard InChI is InChI=1S/C6H14N2/c1-6(4-5-7)8(2)3/h5-7H,4H2,1-3H3. The van der Waals surface area contributed by atoms with Crippen LogP contribution in [0.2, 0.25) is 0 Å². The van der Waals surface area contributed by atoms with E-state index < -0.39 is 0 Å². The third kappa shape index (κ3) is 2.75. The Hall–Kier alpha value is -0.370. The Balaban J connectivity index is 3.30. The Morgan fingerprint density at radius 3 is 2.25 bits per heavy atom. The van der Waals surface area contributed by atoms with Gasteiger partial charge in [0.2, 0.25) is 0 Å². The molecule has 0 spiro atoms. The molecule has 0 aromatic carbocycles. The van der Waals surface area contributed by atoms with Crippen LogP contribution in [0.15, 0.2) is 0 Å². The van der Waals surface area contributed by atoms with Crippen molar-refractivity contribution in [3.63, 3.8) is 0 Å². The summed E-state index contributed by atoms with van der Waals surface area (Å²) in [5.74, 6) is 0. The minimum absolute atomic E-state index is 0.507. The Bertz CT molecular complexity index is 68.9. The van der Waals surface area contributed by atoms with Crippen LogP contribution < -0.4 is 0 Å². The van der Waals surface area contributed by atoms with Gasteiger partial charge in [0.05, 0.1) is 0 Å². The molecule has 0 aromatic rings. The van der Waals surface area contributed by atoms with Crippen molar-refractivity contribution >= 4 is 6.21 Å². The molecule has 0 aliphatic carbocycles. The highest BCUT2D eigenvalue weighted by molar-refractivity contribution is 5.53. The maximum Gasteiger partial charge on any atom is 0.0110 e. The van der Waals surface area contributed by atoms with Gasteiger partial charge in [-0.1, -0.05) is 0 Å². The number of nitrogens with zero attached hydrogens (tertiary/aromatic N) is 1. The van der Waals surface area contributed by atoms with Gasteiger partial charge in [-0.25, -0.2) is 0 Å². The van der Waals surface area contributed by atoms with E-state index in [0.717, 1.165) is 6.42 Å². The van der Waals surface area contributed by atoms with Gasteiger partial charge in [0, 0.05) is 6.04 Å². The quantitative estimate of drug-likeness (QED) is 0.544. The van der Waals surface area contributed by atoms with Gasteiger partial charge in [0.15, 0.2) is 0 Å². The number of hydrogen-bond acceptors (Lipinski definition) is 2. The lowest BCUT2D eigenvalue weighted by molar-refractivity contribution is 0.322. The molecule has 1 atom stereocenters. The molecule has 0 heterocycles. The van der Waals surface area contributed by atoms with Gasteiger partial charge in [0.1, 0.15) is 0 Å². The van der Waals surface area contributed by atoms with E-state index >= 15 is 0 Å². The Morgan fingerprint density at radius 2 is 2.12 bits per heavy atom. The highest BCUT2D eigenvalue weighted by Crippen LogP contribution is 1.93. The van der Waals surface area contributed by atoms with Crippen LogP contribution in [0.4, 0.5) is 0 Å². The summed E-state index contributed by atoms with van der Waals surface area (Å²) in [6.45, 7) is 2.10. The minimum atomic E-state index is 0.507. The van der Waals surface area contributed by atoms with Crippen LogP contribution in [0, 0.1) is 5.41 Å². The van der Waals surface area contributed by atoms with Gasteiger partial charge in [-0.2, -0.15) is 0 Å². The molecule has 1 N–H and O–H groups in total. The molecule has 1 unspecified atom stereocenters. The molecule has 0 fully saturated rings. The molecule has 0 radical (unpaired) electrons. The molecule has 2 heteroatoms. The van der Waals surface area contributed by atoms with Gasteiger partial charge >= 0.3 is 0 Å². The van der Waals surface area contributed by atoms with Crippen molar-refractivity contribution < 1.29 is 0 Å². The maximum absolute atomic E-state index is 6.77. The lowest BCUT2D eigenvalue weighted by atomic mass is 10.2. The molecular weight excluding hydrogens is 100 g/mol. The highest BCUT2D eigenvalue weighted by Gasteiger charge is 1.99. The monoisotopic (exact) mass is 114 g/mol. The normalized spacial score (nSPS) is 14.0. The number of nitrogens with one attached hydrogen (secondary N) is 1. The van der Waals surface area contributed by atoms with Crippen LogP contribution in [-0.4, -0.2) is 31.3 Å².